The summed E-state index contributed by atoms with van der Waals surface area (Å²) in [6.07, 6.45) is 3.93. The van der Waals surface area contributed by atoms with Gasteiger partial charge in [-0.3, -0.25) is 0 Å². The lowest BCUT2D eigenvalue weighted by Gasteiger charge is -2.36. The summed E-state index contributed by atoms with van der Waals surface area (Å²) in [6, 6.07) is 8.88. The fourth-order valence-corrected chi connectivity index (χ4v) is 3.90. The van der Waals surface area contributed by atoms with Crippen molar-refractivity contribution in [3.63, 3.8) is 0 Å². The number of benzene rings is 1. The third kappa shape index (κ3) is 3.83. The van der Waals surface area contributed by atoms with Crippen LogP contribution in [0.3, 0.4) is 0 Å². The van der Waals surface area contributed by atoms with E-state index in [4.69, 9.17) is 0 Å². The smallest absolute Gasteiger partial charge is 0.0945 e. The van der Waals surface area contributed by atoms with Crippen molar-refractivity contribution in [3.8, 4) is 0 Å². The zero-order valence-electron chi connectivity index (χ0n) is 18.4. The van der Waals surface area contributed by atoms with Crippen LogP contribution in [0.25, 0.3) is 0 Å². The molecule has 0 saturated carbocycles. The highest BCUT2D eigenvalue weighted by atomic mass is 15.0. The van der Waals surface area contributed by atoms with E-state index in [0.29, 0.717) is 5.92 Å². The fourth-order valence-electron chi connectivity index (χ4n) is 3.90. The Morgan fingerprint density at radius 2 is 1.36 bits per heavy atom. The van der Waals surface area contributed by atoms with Gasteiger partial charge in [-0.25, -0.2) is 4.98 Å². The Balaban J connectivity index is 0.000000871. The van der Waals surface area contributed by atoms with Crippen LogP contribution in [0.4, 0.5) is 0 Å². The molecule has 2 unspecified atom stereocenters. The maximum absolute atomic E-state index is 4.33. The zero-order valence-corrected chi connectivity index (χ0v) is 18.4. The lowest BCUT2D eigenvalue weighted by atomic mass is 9.68. The quantitative estimate of drug-likeness (QED) is 0.560. The van der Waals surface area contributed by atoms with E-state index in [0.717, 1.165) is 0 Å². The minimum Gasteiger partial charge on any atom is -0.337 e. The third-order valence-corrected chi connectivity index (χ3v) is 5.48. The molecule has 1 aliphatic carbocycles. The van der Waals surface area contributed by atoms with Crippen LogP contribution in [0.2, 0.25) is 0 Å². The van der Waals surface area contributed by atoms with Gasteiger partial charge in [0.2, 0.25) is 0 Å². The van der Waals surface area contributed by atoms with Gasteiger partial charge in [0, 0.05) is 24.4 Å². The molecule has 25 heavy (non-hydrogen) atoms. The van der Waals surface area contributed by atoms with E-state index in [1.807, 2.05) is 54.1 Å². The molecule has 0 amide bonds. The van der Waals surface area contributed by atoms with Crippen molar-refractivity contribution in [3.05, 3.63) is 53.6 Å². The van der Waals surface area contributed by atoms with Gasteiger partial charge in [0.25, 0.3) is 0 Å². The second kappa shape index (κ2) is 9.79. The van der Waals surface area contributed by atoms with Gasteiger partial charge in [-0.1, -0.05) is 86.6 Å². The number of nitrogens with zero attached hydrogens (tertiary/aromatic N) is 2. The maximum atomic E-state index is 4.33. The van der Waals surface area contributed by atoms with Crippen molar-refractivity contribution in [2.24, 2.45) is 13.0 Å². The Bertz CT molecular complexity index is 625. The van der Waals surface area contributed by atoms with Gasteiger partial charge >= 0.3 is 0 Å². The molecular weight excluding hydrogens is 304 g/mol. The number of aryl methyl sites for hydroxylation is 1. The van der Waals surface area contributed by atoms with Crippen molar-refractivity contribution in [1.29, 1.82) is 0 Å². The third-order valence-electron chi connectivity index (χ3n) is 5.48. The van der Waals surface area contributed by atoms with Crippen LogP contribution in [0, 0.1) is 5.92 Å². The Kier molecular flexibility index (Phi) is 9.18. The van der Waals surface area contributed by atoms with Gasteiger partial charge in [0.1, 0.15) is 0 Å². The Hall–Kier alpha value is -1.57. The average Bonchev–Trinajstić information content (AvgIpc) is 3.17. The molecule has 1 heterocycles. The van der Waals surface area contributed by atoms with E-state index in [-0.39, 0.29) is 10.8 Å². The van der Waals surface area contributed by atoms with E-state index in [1.54, 1.807) is 0 Å². The second-order valence-electron chi connectivity index (χ2n) is 6.58. The number of fused-ring (bicyclic) bond motifs is 1. The molecule has 142 valence electrons. The number of hydrogen-bond donors (Lipinski definition) is 0. The average molecular weight is 345 g/mol. The first-order chi connectivity index (χ1) is 11.9. The van der Waals surface area contributed by atoms with E-state index >= 15 is 0 Å². The molecular formula is C23H40N2. The summed E-state index contributed by atoms with van der Waals surface area (Å²) in [5.41, 5.74) is 4.46. The monoisotopic (exact) mass is 344 g/mol. The molecule has 0 bridgehead atoms. The number of imidazole rings is 1. The standard InChI is InChI=1S/C17H22N2.3C2H6/c1-12-16(2,3)13-8-6-7-9-14(13)17(12,4)15-10-18-11-19(15)5;3*1-2/h6-12H,1-5H3;3*1-2H3. The first kappa shape index (κ1) is 23.4. The predicted molar refractivity (Wildman–Crippen MR) is 112 cm³/mol. The maximum Gasteiger partial charge on any atom is 0.0945 e. The Labute approximate surface area is 156 Å². The summed E-state index contributed by atoms with van der Waals surface area (Å²) >= 11 is 0. The minimum absolute atomic E-state index is 0.0331. The van der Waals surface area contributed by atoms with Crippen molar-refractivity contribution in [1.82, 2.24) is 9.55 Å². The number of hydrogen-bond acceptors (Lipinski definition) is 1. The fraction of sp³-hybridized carbons (Fsp3) is 0.609. The molecule has 3 rings (SSSR count). The molecule has 2 nitrogen and oxygen atoms in total. The van der Waals surface area contributed by atoms with Crippen LogP contribution in [0.1, 0.15) is 86.1 Å². The molecule has 0 aliphatic heterocycles. The van der Waals surface area contributed by atoms with Crippen LogP contribution in [0.5, 0.6) is 0 Å². The molecule has 1 aliphatic rings. The first-order valence-electron chi connectivity index (χ1n) is 9.97. The molecule has 2 aromatic rings. The lowest BCUT2D eigenvalue weighted by Crippen LogP contribution is -2.35. The largest absolute Gasteiger partial charge is 0.337 e. The van der Waals surface area contributed by atoms with Crippen LogP contribution in [-0.4, -0.2) is 9.55 Å². The molecule has 0 N–H and O–H groups in total. The van der Waals surface area contributed by atoms with Gasteiger partial charge in [0.05, 0.1) is 6.33 Å². The first-order valence-corrected chi connectivity index (χ1v) is 9.97. The Morgan fingerprint density at radius 3 is 1.80 bits per heavy atom. The SMILES string of the molecule is CC.CC.CC.CC1C(C)(C)c2ccccc2C1(C)c1cncn1C. The van der Waals surface area contributed by atoms with Gasteiger partial charge in [-0.05, 0) is 29.4 Å². The Morgan fingerprint density at radius 1 is 0.880 bits per heavy atom. The van der Waals surface area contributed by atoms with Gasteiger partial charge in [-0.2, -0.15) is 0 Å². The molecule has 1 aromatic heterocycles. The summed E-state index contributed by atoms with van der Waals surface area (Å²) in [7, 11) is 2.09. The molecule has 2 atom stereocenters. The van der Waals surface area contributed by atoms with E-state index < -0.39 is 0 Å². The van der Waals surface area contributed by atoms with E-state index in [1.165, 1.54) is 16.8 Å². The molecule has 2 heteroatoms. The second-order valence-corrected chi connectivity index (χ2v) is 6.58. The highest BCUT2D eigenvalue weighted by Gasteiger charge is 2.52. The summed E-state index contributed by atoms with van der Waals surface area (Å²) in [5, 5.41) is 0. The normalized spacial score (nSPS) is 22.3. The van der Waals surface area contributed by atoms with Gasteiger partial charge in [0.15, 0.2) is 0 Å². The summed E-state index contributed by atoms with van der Waals surface area (Å²) < 4.78 is 2.16. The lowest BCUT2D eigenvalue weighted by molar-refractivity contribution is 0.274. The molecule has 0 fully saturated rings. The van der Waals surface area contributed by atoms with E-state index in [2.05, 4.69) is 68.6 Å². The van der Waals surface area contributed by atoms with Gasteiger partial charge < -0.3 is 4.57 Å². The topological polar surface area (TPSA) is 17.8 Å². The van der Waals surface area contributed by atoms with Crippen LogP contribution in [-0.2, 0) is 17.9 Å². The summed E-state index contributed by atoms with van der Waals surface area (Å²) in [6.45, 7) is 21.4. The van der Waals surface area contributed by atoms with Crippen LogP contribution < -0.4 is 0 Å². The number of rotatable bonds is 1. The van der Waals surface area contributed by atoms with Crippen molar-refractivity contribution in [2.75, 3.05) is 0 Å². The summed E-state index contributed by atoms with van der Waals surface area (Å²) in [4.78, 5) is 4.33. The highest BCUT2D eigenvalue weighted by molar-refractivity contribution is 5.51. The van der Waals surface area contributed by atoms with Crippen molar-refractivity contribution >= 4 is 0 Å². The molecule has 0 saturated heterocycles. The van der Waals surface area contributed by atoms with Gasteiger partial charge in [-0.15, -0.1) is 0 Å². The number of aromatic nitrogens is 2. The molecule has 0 spiro atoms. The highest BCUT2D eigenvalue weighted by Crippen LogP contribution is 2.56. The minimum atomic E-state index is 0.0331. The predicted octanol–water partition coefficient (Wildman–Crippen LogP) is 6.73. The van der Waals surface area contributed by atoms with Crippen LogP contribution in [0.15, 0.2) is 36.8 Å². The molecule has 0 radical (unpaired) electrons. The molecule has 1 aromatic carbocycles. The zero-order chi connectivity index (χ0) is 19.8. The van der Waals surface area contributed by atoms with Crippen molar-refractivity contribution < 1.29 is 0 Å². The van der Waals surface area contributed by atoms with Crippen molar-refractivity contribution in [2.45, 2.75) is 80.1 Å². The van der Waals surface area contributed by atoms with Crippen LogP contribution >= 0.6 is 0 Å². The summed E-state index contributed by atoms with van der Waals surface area (Å²) in [5.74, 6) is 0.535. The van der Waals surface area contributed by atoms with E-state index in [9.17, 15) is 0 Å².